The zero-order chi connectivity index (χ0) is 24.8. The number of amides is 1. The molecule has 0 fully saturated rings. The molecule has 0 saturated heterocycles. The highest BCUT2D eigenvalue weighted by Gasteiger charge is 2.30. The number of hydrogen-bond donors (Lipinski definition) is 1. The molecule has 0 saturated carbocycles. The zero-order valence-corrected chi connectivity index (χ0v) is 19.2. The van der Waals surface area contributed by atoms with Crippen molar-refractivity contribution in [1.29, 1.82) is 0 Å². The van der Waals surface area contributed by atoms with E-state index >= 15 is 0 Å². The molecule has 3 aromatic rings. The third kappa shape index (κ3) is 7.31. The number of aromatic nitrogens is 1. The molecule has 10 heteroatoms. The van der Waals surface area contributed by atoms with E-state index < -0.39 is 21.8 Å². The molecule has 0 unspecified atom stereocenters. The highest BCUT2D eigenvalue weighted by Crippen LogP contribution is 2.31. The van der Waals surface area contributed by atoms with E-state index in [2.05, 4.69) is 10.3 Å². The Morgan fingerprint density at radius 3 is 2.09 bits per heavy atom. The third-order valence-corrected chi connectivity index (χ3v) is 6.24. The molecular formula is C24H24F3N3O3S. The van der Waals surface area contributed by atoms with Crippen molar-refractivity contribution in [1.82, 2.24) is 4.98 Å². The van der Waals surface area contributed by atoms with Crippen LogP contribution in [0.4, 0.5) is 24.5 Å². The van der Waals surface area contributed by atoms with Crippen molar-refractivity contribution in [2.45, 2.75) is 25.4 Å². The van der Waals surface area contributed by atoms with Crippen molar-refractivity contribution >= 4 is 27.3 Å². The number of halogens is 3. The monoisotopic (exact) mass is 491 g/mol. The van der Waals surface area contributed by atoms with Gasteiger partial charge in [-0.25, -0.2) is 8.42 Å². The number of hydrogen-bond acceptors (Lipinski definition) is 4. The largest absolute Gasteiger partial charge is 0.416 e. The van der Waals surface area contributed by atoms with E-state index in [9.17, 15) is 26.4 Å². The van der Waals surface area contributed by atoms with Gasteiger partial charge in [-0.1, -0.05) is 12.1 Å². The molecular weight excluding hydrogens is 467 g/mol. The second kappa shape index (κ2) is 10.7. The van der Waals surface area contributed by atoms with Gasteiger partial charge < -0.3 is 5.32 Å². The lowest BCUT2D eigenvalue weighted by Gasteiger charge is -2.22. The molecule has 1 heterocycles. The molecule has 1 amide bonds. The van der Waals surface area contributed by atoms with Crippen LogP contribution in [0.1, 0.15) is 29.5 Å². The predicted octanol–water partition coefficient (Wildman–Crippen LogP) is 4.88. The summed E-state index contributed by atoms with van der Waals surface area (Å²) in [5, 5.41) is 2.77. The summed E-state index contributed by atoms with van der Waals surface area (Å²) < 4.78 is 63.6. The summed E-state index contributed by atoms with van der Waals surface area (Å²) in [5.74, 6) is -0.289. The number of anilines is 2. The van der Waals surface area contributed by atoms with Crippen molar-refractivity contribution in [3.63, 3.8) is 0 Å². The van der Waals surface area contributed by atoms with Gasteiger partial charge in [-0.3, -0.25) is 14.1 Å². The summed E-state index contributed by atoms with van der Waals surface area (Å²) in [4.78, 5) is 16.3. The number of nitrogens with one attached hydrogen (secondary N) is 1. The standard InChI is InChI=1S/C24H24F3N3O3S/c1-34(32,33)30(22-10-6-20(7-11-22)24(25,26)27)16-2-3-23(31)29-21-8-4-18(5-9-21)17-19-12-14-28-15-13-19/h4-15H,2-3,16-17H2,1H3,(H,29,31). The average Bonchev–Trinajstić information content (AvgIpc) is 2.77. The van der Waals surface area contributed by atoms with E-state index in [0.717, 1.165) is 52.4 Å². The summed E-state index contributed by atoms with van der Waals surface area (Å²) in [5.41, 5.74) is 2.06. The van der Waals surface area contributed by atoms with Gasteiger partial charge >= 0.3 is 6.18 Å². The quantitative estimate of drug-likeness (QED) is 0.463. The Bertz CT molecular complexity index is 1200. The lowest BCUT2D eigenvalue weighted by atomic mass is 10.1. The molecule has 1 aromatic heterocycles. The number of sulfonamides is 1. The Hall–Kier alpha value is -3.40. The molecule has 0 aliphatic heterocycles. The fraction of sp³-hybridized carbons (Fsp3) is 0.250. The van der Waals surface area contributed by atoms with Crippen molar-refractivity contribution < 1.29 is 26.4 Å². The fourth-order valence-corrected chi connectivity index (χ4v) is 4.32. The molecule has 6 nitrogen and oxygen atoms in total. The highest BCUT2D eigenvalue weighted by molar-refractivity contribution is 7.92. The maximum absolute atomic E-state index is 12.8. The van der Waals surface area contributed by atoms with Crippen LogP contribution in [0, 0.1) is 0 Å². The Kier molecular flexibility index (Phi) is 7.93. The van der Waals surface area contributed by atoms with Gasteiger partial charge in [0.15, 0.2) is 0 Å². The van der Waals surface area contributed by atoms with Gasteiger partial charge in [0.05, 0.1) is 17.5 Å². The molecule has 0 aliphatic carbocycles. The van der Waals surface area contributed by atoms with Crippen LogP contribution in [0.2, 0.25) is 0 Å². The van der Waals surface area contributed by atoms with Crippen LogP contribution in [0.15, 0.2) is 73.1 Å². The van der Waals surface area contributed by atoms with Crippen LogP contribution in [-0.2, 0) is 27.4 Å². The van der Waals surface area contributed by atoms with Crippen molar-refractivity contribution in [2.75, 3.05) is 22.4 Å². The molecule has 34 heavy (non-hydrogen) atoms. The zero-order valence-electron chi connectivity index (χ0n) is 18.4. The van der Waals surface area contributed by atoms with Crippen molar-refractivity contribution in [3.8, 4) is 0 Å². The SMILES string of the molecule is CS(=O)(=O)N(CCCC(=O)Nc1ccc(Cc2ccncc2)cc1)c1ccc(C(F)(F)F)cc1. The summed E-state index contributed by atoms with van der Waals surface area (Å²) in [6.45, 7) is -0.0392. The first-order chi connectivity index (χ1) is 16.0. The van der Waals surface area contributed by atoms with Crippen LogP contribution >= 0.6 is 0 Å². The second-order valence-electron chi connectivity index (χ2n) is 7.76. The molecule has 3 rings (SSSR count). The van der Waals surface area contributed by atoms with E-state index in [1.807, 2.05) is 24.3 Å². The summed E-state index contributed by atoms with van der Waals surface area (Å²) >= 11 is 0. The number of alkyl halides is 3. The van der Waals surface area contributed by atoms with Gasteiger partial charge in [0.25, 0.3) is 0 Å². The van der Waals surface area contributed by atoms with Crippen molar-refractivity contribution in [3.05, 3.63) is 89.7 Å². The lowest BCUT2D eigenvalue weighted by Crippen LogP contribution is -2.31. The molecule has 2 aromatic carbocycles. The van der Waals surface area contributed by atoms with E-state index in [0.29, 0.717) is 5.69 Å². The minimum Gasteiger partial charge on any atom is -0.326 e. The normalized spacial score (nSPS) is 11.8. The molecule has 1 N–H and O–H groups in total. The van der Waals surface area contributed by atoms with E-state index in [-0.39, 0.29) is 31.0 Å². The Labute approximate surface area is 196 Å². The van der Waals surface area contributed by atoms with Crippen LogP contribution in [0.5, 0.6) is 0 Å². The number of carbonyl (C=O) groups is 1. The number of carbonyl (C=O) groups excluding carboxylic acids is 1. The van der Waals surface area contributed by atoms with Crippen LogP contribution < -0.4 is 9.62 Å². The molecule has 0 radical (unpaired) electrons. The maximum Gasteiger partial charge on any atom is 0.416 e. The highest BCUT2D eigenvalue weighted by atomic mass is 32.2. The minimum atomic E-state index is -4.51. The molecule has 180 valence electrons. The van der Waals surface area contributed by atoms with Crippen molar-refractivity contribution in [2.24, 2.45) is 0 Å². The Balaban J connectivity index is 1.54. The maximum atomic E-state index is 12.8. The van der Waals surface area contributed by atoms with Gasteiger partial charge in [-0.05, 0) is 72.5 Å². The first kappa shape index (κ1) is 25.2. The number of pyridine rings is 1. The van der Waals surface area contributed by atoms with Gasteiger partial charge in [0.2, 0.25) is 15.9 Å². The minimum absolute atomic E-state index is 0.0392. The Morgan fingerprint density at radius 1 is 0.941 bits per heavy atom. The predicted molar refractivity (Wildman–Crippen MR) is 125 cm³/mol. The van der Waals surface area contributed by atoms with Crippen LogP contribution in [0.25, 0.3) is 0 Å². The number of nitrogens with zero attached hydrogens (tertiary/aromatic N) is 2. The van der Waals surface area contributed by atoms with E-state index in [1.54, 1.807) is 24.5 Å². The molecule has 0 atom stereocenters. The third-order valence-electron chi connectivity index (χ3n) is 5.04. The Morgan fingerprint density at radius 2 is 1.53 bits per heavy atom. The van der Waals surface area contributed by atoms with Gasteiger partial charge in [0.1, 0.15) is 0 Å². The molecule has 0 bridgehead atoms. The van der Waals surface area contributed by atoms with Crippen LogP contribution in [-0.4, -0.2) is 32.1 Å². The van der Waals surface area contributed by atoms with E-state index in [4.69, 9.17) is 0 Å². The fourth-order valence-electron chi connectivity index (χ4n) is 3.35. The lowest BCUT2D eigenvalue weighted by molar-refractivity contribution is -0.137. The number of rotatable bonds is 9. The first-order valence-corrected chi connectivity index (χ1v) is 12.3. The summed E-state index contributed by atoms with van der Waals surface area (Å²) in [6.07, 6.45) is 0.897. The van der Waals surface area contributed by atoms with Gasteiger partial charge in [0, 0.05) is 31.0 Å². The van der Waals surface area contributed by atoms with Crippen LogP contribution in [0.3, 0.4) is 0 Å². The average molecular weight is 492 g/mol. The summed E-state index contributed by atoms with van der Waals surface area (Å²) in [6, 6.07) is 15.1. The van der Waals surface area contributed by atoms with E-state index in [1.165, 1.54) is 0 Å². The smallest absolute Gasteiger partial charge is 0.326 e. The van der Waals surface area contributed by atoms with Gasteiger partial charge in [-0.2, -0.15) is 13.2 Å². The van der Waals surface area contributed by atoms with Gasteiger partial charge in [-0.15, -0.1) is 0 Å². The molecule has 0 spiro atoms. The second-order valence-corrected chi connectivity index (χ2v) is 9.67. The topological polar surface area (TPSA) is 79.4 Å². The summed E-state index contributed by atoms with van der Waals surface area (Å²) in [7, 11) is -3.74. The number of benzene rings is 2. The first-order valence-electron chi connectivity index (χ1n) is 10.4. The molecule has 0 aliphatic rings.